The third-order valence-corrected chi connectivity index (χ3v) is 8.05. The number of ketones is 1. The fourth-order valence-electron chi connectivity index (χ4n) is 5.26. The van der Waals surface area contributed by atoms with Gasteiger partial charge in [-0.3, -0.25) is 4.79 Å². The number of aryl methyl sites for hydroxylation is 1. The summed E-state index contributed by atoms with van der Waals surface area (Å²) in [5, 5.41) is 11.0. The molecule has 2 bridgehead atoms. The van der Waals surface area contributed by atoms with Gasteiger partial charge in [-0.2, -0.15) is 13.2 Å². The maximum Gasteiger partial charge on any atom is 0.416 e. The van der Waals surface area contributed by atoms with Crippen molar-refractivity contribution in [2.45, 2.75) is 53.1 Å². The zero-order chi connectivity index (χ0) is 24.3. The van der Waals surface area contributed by atoms with E-state index in [2.05, 4.69) is 0 Å². The van der Waals surface area contributed by atoms with Gasteiger partial charge in [0.15, 0.2) is 5.78 Å². The van der Waals surface area contributed by atoms with Crippen molar-refractivity contribution in [1.82, 2.24) is 0 Å². The molecule has 2 aliphatic rings. The minimum Gasteiger partial charge on any atom is -0.511 e. The average molecular weight is 479 g/mol. The normalized spacial score (nSPS) is 24.4. The summed E-state index contributed by atoms with van der Waals surface area (Å²) in [6.45, 7) is 7.98. The minimum absolute atomic E-state index is 0.0706. The van der Waals surface area contributed by atoms with E-state index < -0.39 is 17.2 Å². The first-order chi connectivity index (χ1) is 15.3. The number of fused-ring (bicyclic) bond motifs is 2. The van der Waals surface area contributed by atoms with Crippen LogP contribution in [0.1, 0.15) is 57.2 Å². The Labute approximate surface area is 196 Å². The Hall–Kier alpha value is -2.47. The van der Waals surface area contributed by atoms with Crippen LogP contribution >= 0.6 is 11.6 Å². The fourth-order valence-corrected chi connectivity index (χ4v) is 5.48. The Morgan fingerprint density at radius 1 is 1.15 bits per heavy atom. The molecule has 1 saturated carbocycles. The third kappa shape index (κ3) is 3.63. The van der Waals surface area contributed by atoms with Crippen molar-refractivity contribution in [1.29, 1.82) is 0 Å². The van der Waals surface area contributed by atoms with Crippen molar-refractivity contribution in [3.05, 3.63) is 63.9 Å². The van der Waals surface area contributed by atoms with Gasteiger partial charge in [0.05, 0.1) is 16.2 Å². The highest BCUT2D eigenvalue weighted by Crippen LogP contribution is 2.63. The number of allylic oxidation sites excluding steroid dienone is 2. The van der Waals surface area contributed by atoms with E-state index in [0.29, 0.717) is 29.7 Å². The molecule has 1 fully saturated rings. The predicted molar refractivity (Wildman–Crippen MR) is 122 cm³/mol. The lowest BCUT2D eigenvalue weighted by atomic mass is 9.58. The van der Waals surface area contributed by atoms with Crippen LogP contribution in [0.15, 0.2) is 42.2 Å². The molecule has 2 aliphatic carbocycles. The van der Waals surface area contributed by atoms with Gasteiger partial charge in [-0.1, -0.05) is 45.4 Å². The molecule has 2 atom stereocenters. The monoisotopic (exact) mass is 478 g/mol. The Balaban J connectivity index is 1.77. The van der Waals surface area contributed by atoms with Crippen LogP contribution in [0.3, 0.4) is 0 Å². The summed E-state index contributed by atoms with van der Waals surface area (Å²) in [5.41, 5.74) is -0.0205. The van der Waals surface area contributed by atoms with Crippen molar-refractivity contribution in [3.8, 4) is 11.5 Å². The van der Waals surface area contributed by atoms with Crippen LogP contribution in [0, 0.1) is 16.7 Å². The van der Waals surface area contributed by atoms with Crippen molar-refractivity contribution in [3.63, 3.8) is 0 Å². The van der Waals surface area contributed by atoms with Gasteiger partial charge in [0, 0.05) is 11.3 Å². The second kappa shape index (κ2) is 7.79. The molecule has 0 heterocycles. The highest BCUT2D eigenvalue weighted by atomic mass is 35.5. The van der Waals surface area contributed by atoms with Gasteiger partial charge in [0.25, 0.3) is 0 Å². The molecule has 0 saturated heterocycles. The standard InChI is InChI=1S/C26H26ClF3O3/c1-5-14-6-8-16(33-20-9-7-15(12-19(20)27)26(28,29)30)13-17(14)21-22(31)18-10-11-25(4,23(21)32)24(18,2)3/h6-9,12-13,18,31H,5,10-11H2,1-4H3/t18-,25+/m0/s1. The second-order valence-electron chi connectivity index (χ2n) is 9.65. The molecule has 0 radical (unpaired) electrons. The smallest absolute Gasteiger partial charge is 0.416 e. The zero-order valence-electron chi connectivity index (χ0n) is 18.9. The quantitative estimate of drug-likeness (QED) is 0.484. The third-order valence-electron chi connectivity index (χ3n) is 7.76. The molecule has 33 heavy (non-hydrogen) atoms. The van der Waals surface area contributed by atoms with Gasteiger partial charge in [-0.05, 0) is 66.1 Å². The molecule has 3 nitrogen and oxygen atoms in total. The van der Waals surface area contributed by atoms with Crippen molar-refractivity contribution < 1.29 is 27.8 Å². The molecule has 0 aromatic heterocycles. The zero-order valence-corrected chi connectivity index (χ0v) is 19.7. The van der Waals surface area contributed by atoms with Gasteiger partial charge in [-0.15, -0.1) is 0 Å². The topological polar surface area (TPSA) is 46.5 Å². The predicted octanol–water partition coefficient (Wildman–Crippen LogP) is 8.01. The van der Waals surface area contributed by atoms with Crippen molar-refractivity contribution in [2.75, 3.05) is 0 Å². The van der Waals surface area contributed by atoms with Crippen LogP contribution in [-0.2, 0) is 17.4 Å². The lowest BCUT2D eigenvalue weighted by Crippen LogP contribution is -2.45. The molecule has 2 aromatic rings. The minimum atomic E-state index is -4.51. The molecule has 7 heteroatoms. The number of Topliss-reactive ketones (excluding diaryl/α,β-unsaturated/α-hetero) is 1. The first-order valence-electron chi connectivity index (χ1n) is 11.0. The van der Waals surface area contributed by atoms with E-state index in [-0.39, 0.29) is 33.6 Å². The molecular formula is C26H26ClF3O3. The largest absolute Gasteiger partial charge is 0.511 e. The van der Waals surface area contributed by atoms with Crippen molar-refractivity contribution >= 4 is 23.0 Å². The number of aliphatic hydroxyl groups is 1. The highest BCUT2D eigenvalue weighted by Gasteiger charge is 2.61. The number of halogens is 4. The summed E-state index contributed by atoms with van der Waals surface area (Å²) in [4.78, 5) is 13.7. The van der Waals surface area contributed by atoms with Gasteiger partial charge in [0.2, 0.25) is 0 Å². The molecular weight excluding hydrogens is 453 g/mol. The fraction of sp³-hybridized carbons (Fsp3) is 0.423. The second-order valence-corrected chi connectivity index (χ2v) is 10.1. The van der Waals surface area contributed by atoms with Gasteiger partial charge >= 0.3 is 6.18 Å². The summed E-state index contributed by atoms with van der Waals surface area (Å²) < 4.78 is 44.6. The van der Waals surface area contributed by atoms with E-state index in [9.17, 15) is 23.1 Å². The summed E-state index contributed by atoms with van der Waals surface area (Å²) in [6.07, 6.45) is -2.43. The highest BCUT2D eigenvalue weighted by molar-refractivity contribution is 6.32. The number of hydrogen-bond acceptors (Lipinski definition) is 3. The van der Waals surface area contributed by atoms with E-state index in [1.54, 1.807) is 18.2 Å². The first-order valence-corrected chi connectivity index (χ1v) is 11.3. The number of carbonyl (C=O) groups is 1. The number of rotatable bonds is 4. The summed E-state index contributed by atoms with van der Waals surface area (Å²) in [6, 6.07) is 8.05. The van der Waals surface area contributed by atoms with Crippen LogP contribution in [0.4, 0.5) is 13.2 Å². The number of carbonyl (C=O) groups excluding carboxylic acids is 1. The summed E-state index contributed by atoms with van der Waals surface area (Å²) in [7, 11) is 0. The summed E-state index contributed by atoms with van der Waals surface area (Å²) in [5.74, 6) is 0.298. The van der Waals surface area contributed by atoms with Crippen LogP contribution in [0.2, 0.25) is 5.02 Å². The maximum atomic E-state index is 13.7. The Morgan fingerprint density at radius 3 is 2.45 bits per heavy atom. The van der Waals surface area contributed by atoms with Gasteiger partial charge in [-0.25, -0.2) is 0 Å². The van der Waals surface area contributed by atoms with E-state index in [4.69, 9.17) is 16.3 Å². The van der Waals surface area contributed by atoms with Crippen LogP contribution in [0.5, 0.6) is 11.5 Å². The van der Waals surface area contributed by atoms with Gasteiger partial charge in [0.1, 0.15) is 17.3 Å². The van der Waals surface area contributed by atoms with E-state index in [0.717, 1.165) is 24.1 Å². The molecule has 0 aliphatic heterocycles. The Kier molecular flexibility index (Phi) is 5.59. The van der Waals surface area contributed by atoms with Crippen LogP contribution < -0.4 is 4.74 Å². The molecule has 0 unspecified atom stereocenters. The molecule has 1 N–H and O–H groups in total. The Morgan fingerprint density at radius 2 is 1.85 bits per heavy atom. The molecule has 0 spiro atoms. The molecule has 176 valence electrons. The lowest BCUT2D eigenvalue weighted by Gasteiger charge is -2.45. The van der Waals surface area contributed by atoms with E-state index >= 15 is 0 Å². The first kappa shape index (κ1) is 23.7. The van der Waals surface area contributed by atoms with Gasteiger partial charge < -0.3 is 9.84 Å². The van der Waals surface area contributed by atoms with Crippen molar-refractivity contribution in [2.24, 2.45) is 16.7 Å². The number of ether oxygens (including phenoxy) is 1. The lowest BCUT2D eigenvalue weighted by molar-refractivity contribution is -0.137. The van der Waals surface area contributed by atoms with Crippen LogP contribution in [0.25, 0.3) is 5.57 Å². The SMILES string of the molecule is CCc1ccc(Oc2ccc(C(F)(F)F)cc2Cl)cc1C1=C(O)[C@@H]2CC[C@](C)(C1=O)C2(C)C. The summed E-state index contributed by atoms with van der Waals surface area (Å²) >= 11 is 6.05. The Bertz CT molecular complexity index is 1170. The maximum absolute atomic E-state index is 13.7. The molecule has 4 rings (SSSR count). The number of aliphatic hydroxyl groups excluding tert-OH is 1. The number of alkyl halides is 3. The molecule has 2 aromatic carbocycles. The number of hydrogen-bond donors (Lipinski definition) is 1. The van der Waals surface area contributed by atoms with E-state index in [1.807, 2.05) is 27.7 Å². The average Bonchev–Trinajstić information content (AvgIpc) is 2.92. The number of benzene rings is 2. The van der Waals surface area contributed by atoms with E-state index in [1.165, 1.54) is 6.07 Å². The molecule has 0 amide bonds. The van der Waals surface area contributed by atoms with Crippen LogP contribution in [-0.4, -0.2) is 10.9 Å².